The van der Waals surface area contributed by atoms with Crippen molar-refractivity contribution in [1.29, 1.82) is 0 Å². The van der Waals surface area contributed by atoms with Crippen LogP contribution < -0.4 is 9.80 Å². The molecule has 0 atom stereocenters. The maximum absolute atomic E-state index is 8.84. The normalized spacial score (nSPS) is 13.6. The summed E-state index contributed by atoms with van der Waals surface area (Å²) in [5.74, 6) is 0. The smallest absolute Gasteiger partial charge is 0.143 e. The topological polar surface area (TPSA) is 32.8 Å². The largest absolute Gasteiger partial charge is 0.456 e. The molecule has 0 unspecified atom stereocenters. The lowest BCUT2D eigenvalue weighted by Gasteiger charge is -2.30. The zero-order chi connectivity index (χ0) is 56.2. The third kappa shape index (κ3) is 7.08. The molecule has 4 heteroatoms. The van der Waals surface area contributed by atoms with Gasteiger partial charge >= 0.3 is 0 Å². The Morgan fingerprint density at radius 3 is 1.47 bits per heavy atom. The molecule has 0 saturated carbocycles. The first-order valence-corrected chi connectivity index (χ1v) is 23.7. The maximum atomic E-state index is 8.84. The first-order valence-electron chi connectivity index (χ1n) is 28.7. The third-order valence-electron chi connectivity index (χ3n) is 13.6. The summed E-state index contributed by atoms with van der Waals surface area (Å²) in [5, 5.41) is 7.82. The highest BCUT2D eigenvalue weighted by molar-refractivity contribution is 6.23. The van der Waals surface area contributed by atoms with Gasteiger partial charge in [-0.15, -0.1) is 0 Å². The van der Waals surface area contributed by atoms with E-state index in [1.807, 2.05) is 91.0 Å². The van der Waals surface area contributed by atoms with Crippen LogP contribution in [-0.2, 0) is 0 Å². The summed E-state index contributed by atoms with van der Waals surface area (Å²) >= 11 is 0. The van der Waals surface area contributed by atoms with Crippen LogP contribution in [0.2, 0.25) is 0 Å². The molecule has 338 valence electrons. The standard InChI is InChI=1S/C68H44N2O2/c1-4-16-45(17-5-1)47-28-33-52(34-29-47)69(53-35-30-48(31-36-53)46-18-6-2-7-19-46)55-40-50(62-44-64-61-38-32-49-20-10-11-23-57(49)67(61)72-68(64)60-26-13-12-24-58(60)62)41-56(42-55)70(51-21-8-3-9-22-51)54-37-39-66-63(43-54)59-25-14-15-27-65(59)71-66/h1-44H/i1D,2D,4D,5D,6D,7D,16D,17D,18D,19D. The summed E-state index contributed by atoms with van der Waals surface area (Å²) in [6.45, 7) is 0. The zero-order valence-electron chi connectivity index (χ0n) is 48.3. The van der Waals surface area contributed by atoms with E-state index in [0.29, 0.717) is 28.2 Å². The van der Waals surface area contributed by atoms with Crippen molar-refractivity contribution in [2.75, 3.05) is 9.80 Å². The summed E-state index contributed by atoms with van der Waals surface area (Å²) in [6.07, 6.45) is 0. The first-order chi connectivity index (χ1) is 39.8. The molecule has 0 fully saturated rings. The van der Waals surface area contributed by atoms with E-state index >= 15 is 0 Å². The van der Waals surface area contributed by atoms with Gasteiger partial charge in [0.25, 0.3) is 0 Å². The minimum atomic E-state index is -0.478. The van der Waals surface area contributed by atoms with Crippen LogP contribution >= 0.6 is 0 Å². The number of furan rings is 2. The van der Waals surface area contributed by atoms with Crippen LogP contribution in [0.1, 0.15) is 13.7 Å². The average molecular weight is 931 g/mol. The number of fused-ring (bicyclic) bond motifs is 10. The number of anilines is 6. The lowest BCUT2D eigenvalue weighted by molar-refractivity contribution is 0.669. The second-order valence-corrected chi connectivity index (χ2v) is 17.7. The van der Waals surface area contributed by atoms with Gasteiger partial charge in [-0.3, -0.25) is 0 Å². The van der Waals surface area contributed by atoms with Crippen molar-refractivity contribution in [1.82, 2.24) is 0 Å². The minimum Gasteiger partial charge on any atom is -0.456 e. The number of benzene rings is 12. The van der Waals surface area contributed by atoms with Crippen molar-refractivity contribution in [2.45, 2.75) is 0 Å². The Bertz CT molecular complexity index is 4770. The molecule has 2 aromatic heterocycles. The number of nitrogens with zero attached hydrogens (tertiary/aromatic N) is 2. The maximum Gasteiger partial charge on any atom is 0.143 e. The Labute approximate surface area is 430 Å². The molecule has 72 heavy (non-hydrogen) atoms. The van der Waals surface area contributed by atoms with Crippen LogP contribution in [0.25, 0.3) is 98.8 Å². The Hall–Kier alpha value is -9.64. The van der Waals surface area contributed by atoms with Gasteiger partial charge in [-0.05, 0) is 135 Å². The highest BCUT2D eigenvalue weighted by Gasteiger charge is 2.23. The molecule has 0 N–H and O–H groups in total. The van der Waals surface area contributed by atoms with Crippen molar-refractivity contribution in [3.63, 3.8) is 0 Å². The zero-order valence-corrected chi connectivity index (χ0v) is 38.3. The fourth-order valence-corrected chi connectivity index (χ4v) is 10.2. The summed E-state index contributed by atoms with van der Waals surface area (Å²) in [6, 6.07) is 64.2. The predicted molar refractivity (Wildman–Crippen MR) is 302 cm³/mol. The Balaban J connectivity index is 1.05. The van der Waals surface area contributed by atoms with Crippen LogP contribution in [0, 0.1) is 0 Å². The highest BCUT2D eigenvalue weighted by atomic mass is 16.3. The van der Waals surface area contributed by atoms with Crippen LogP contribution in [0.3, 0.4) is 0 Å². The van der Waals surface area contributed by atoms with E-state index in [0.717, 1.165) is 93.6 Å². The van der Waals surface area contributed by atoms with Gasteiger partial charge in [-0.25, -0.2) is 0 Å². The molecule has 0 aliphatic rings. The highest BCUT2D eigenvalue weighted by Crippen LogP contribution is 2.48. The molecular weight excluding hydrogens is 877 g/mol. The van der Waals surface area contributed by atoms with E-state index in [4.69, 9.17) is 22.5 Å². The average Bonchev–Trinajstić information content (AvgIpc) is 4.20. The predicted octanol–water partition coefficient (Wildman–Crippen LogP) is 19.7. The Morgan fingerprint density at radius 1 is 0.278 bits per heavy atom. The van der Waals surface area contributed by atoms with E-state index < -0.39 is 36.3 Å². The third-order valence-corrected chi connectivity index (χ3v) is 13.6. The molecule has 0 bridgehead atoms. The van der Waals surface area contributed by atoms with Crippen LogP contribution in [0.4, 0.5) is 34.1 Å². The van der Waals surface area contributed by atoms with Crippen molar-refractivity contribution in [3.05, 3.63) is 267 Å². The summed E-state index contributed by atoms with van der Waals surface area (Å²) in [7, 11) is 0. The van der Waals surface area contributed by atoms with Crippen molar-refractivity contribution in [3.8, 4) is 33.4 Å². The number of rotatable bonds is 9. The second kappa shape index (κ2) is 17.1. The van der Waals surface area contributed by atoms with Crippen molar-refractivity contribution < 1.29 is 22.5 Å². The van der Waals surface area contributed by atoms with E-state index in [-0.39, 0.29) is 35.3 Å². The fourth-order valence-electron chi connectivity index (χ4n) is 10.2. The summed E-state index contributed by atoms with van der Waals surface area (Å²) in [5.41, 5.74) is 10.4. The lowest BCUT2D eigenvalue weighted by atomic mass is 9.94. The molecule has 14 aromatic rings. The molecule has 14 rings (SSSR count). The van der Waals surface area contributed by atoms with Gasteiger partial charge in [0, 0.05) is 66.4 Å². The molecule has 0 aliphatic carbocycles. The monoisotopic (exact) mass is 930 g/mol. The minimum absolute atomic E-state index is 0.0688. The van der Waals surface area contributed by atoms with Gasteiger partial charge in [0.1, 0.15) is 22.3 Å². The molecule has 0 amide bonds. The number of para-hydroxylation sites is 2. The van der Waals surface area contributed by atoms with Crippen molar-refractivity contribution >= 4 is 99.5 Å². The lowest BCUT2D eigenvalue weighted by Crippen LogP contribution is -2.13. The van der Waals surface area contributed by atoms with Crippen LogP contribution in [0.5, 0.6) is 0 Å². The number of hydrogen-bond acceptors (Lipinski definition) is 4. The van der Waals surface area contributed by atoms with Gasteiger partial charge in [0.05, 0.1) is 13.7 Å². The molecule has 2 heterocycles. The van der Waals surface area contributed by atoms with Crippen LogP contribution in [-0.4, -0.2) is 0 Å². The Kier molecular flexibility index (Phi) is 7.65. The van der Waals surface area contributed by atoms with E-state index in [1.165, 1.54) is 0 Å². The molecule has 12 aromatic carbocycles. The van der Waals surface area contributed by atoms with Crippen LogP contribution in [0.15, 0.2) is 276 Å². The first kappa shape index (κ1) is 32.2. The SMILES string of the molecule is [2H]c1c([2H])c([2H])c(-c2ccc(N(c3ccc(-c4c([2H])c([2H])c([2H])c([2H])c4[2H])cc3)c3cc(-c4cc5c6ccc7ccccc7c6oc5c5ccccc45)cc(N(c4ccccc4)c4ccc5oc6ccccc6c5c4)c3)cc2)c([2H])c1[2H]. The van der Waals surface area contributed by atoms with Crippen molar-refractivity contribution in [2.24, 2.45) is 0 Å². The molecule has 0 aliphatic heterocycles. The van der Waals surface area contributed by atoms with Gasteiger partial charge in [0.2, 0.25) is 0 Å². The second-order valence-electron chi connectivity index (χ2n) is 17.7. The summed E-state index contributed by atoms with van der Waals surface area (Å²) < 4.78 is 99.1. The van der Waals surface area contributed by atoms with Gasteiger partial charge in [-0.1, -0.05) is 176 Å². The van der Waals surface area contributed by atoms with Gasteiger partial charge in [-0.2, -0.15) is 0 Å². The molecule has 4 nitrogen and oxygen atoms in total. The molecule has 0 radical (unpaired) electrons. The molecule has 0 spiro atoms. The number of hydrogen-bond donors (Lipinski definition) is 0. The van der Waals surface area contributed by atoms with E-state index in [9.17, 15) is 0 Å². The summed E-state index contributed by atoms with van der Waals surface area (Å²) in [4.78, 5) is 4.27. The van der Waals surface area contributed by atoms with Gasteiger partial charge in [0.15, 0.2) is 0 Å². The van der Waals surface area contributed by atoms with E-state index in [1.54, 1.807) is 24.3 Å². The Morgan fingerprint density at radius 2 is 0.792 bits per heavy atom. The fraction of sp³-hybridized carbons (Fsp3) is 0. The molecule has 0 saturated heterocycles. The van der Waals surface area contributed by atoms with Gasteiger partial charge < -0.3 is 18.6 Å². The van der Waals surface area contributed by atoms with E-state index in [2.05, 4.69) is 101 Å². The molecular formula is C68H44N2O2. The quantitative estimate of drug-likeness (QED) is 0.144.